The molecule has 100 valence electrons. The van der Waals surface area contributed by atoms with E-state index < -0.39 is 23.2 Å². The van der Waals surface area contributed by atoms with E-state index >= 15 is 0 Å². The Morgan fingerprint density at radius 1 is 1.42 bits per heavy atom. The molecule has 0 spiro atoms. The van der Waals surface area contributed by atoms with Crippen molar-refractivity contribution < 1.29 is 13.6 Å². The first-order valence-corrected chi connectivity index (χ1v) is 5.50. The summed E-state index contributed by atoms with van der Waals surface area (Å²) in [7, 11) is 0. The van der Waals surface area contributed by atoms with Crippen LogP contribution in [0.25, 0.3) is 0 Å². The lowest BCUT2D eigenvalue weighted by atomic mass is 10.1. The Bertz CT molecular complexity index is 601. The van der Waals surface area contributed by atoms with Crippen LogP contribution >= 0.6 is 0 Å². The molecular formula is C12H12F2N4O. The number of rotatable bonds is 3. The number of carbonyl (C=O) groups is 1. The molecule has 0 saturated carbocycles. The first-order chi connectivity index (χ1) is 8.99. The fraction of sp³-hybridized carbons (Fsp3) is 0.167. The molecule has 4 N–H and O–H groups in total. The van der Waals surface area contributed by atoms with Gasteiger partial charge in [0.25, 0.3) is 5.91 Å². The van der Waals surface area contributed by atoms with Crippen molar-refractivity contribution in [3.8, 4) is 0 Å². The molecule has 0 bridgehead atoms. The van der Waals surface area contributed by atoms with Crippen molar-refractivity contribution >= 4 is 11.6 Å². The molecule has 1 aromatic heterocycles. The number of nitrogens with two attached hydrogens (primary N) is 1. The minimum atomic E-state index is -0.954. The first kappa shape index (κ1) is 13.0. The number of nitrogens with zero attached hydrogens (tertiary/aromatic N) is 1. The van der Waals surface area contributed by atoms with Crippen molar-refractivity contribution in [2.45, 2.75) is 13.5 Å². The summed E-state index contributed by atoms with van der Waals surface area (Å²) in [5.74, 6) is -2.49. The average Bonchev–Trinajstić information content (AvgIpc) is 2.78. The van der Waals surface area contributed by atoms with E-state index in [-0.39, 0.29) is 12.1 Å². The zero-order valence-corrected chi connectivity index (χ0v) is 10.1. The number of halogens is 2. The highest BCUT2D eigenvalue weighted by Crippen LogP contribution is 2.17. The number of hydrogen-bond acceptors (Lipinski definition) is 3. The molecule has 0 unspecified atom stereocenters. The van der Waals surface area contributed by atoms with Gasteiger partial charge in [-0.05, 0) is 19.1 Å². The summed E-state index contributed by atoms with van der Waals surface area (Å²) < 4.78 is 26.4. The maximum Gasteiger partial charge on any atom is 0.251 e. The van der Waals surface area contributed by atoms with Crippen molar-refractivity contribution in [1.29, 1.82) is 0 Å². The smallest absolute Gasteiger partial charge is 0.251 e. The van der Waals surface area contributed by atoms with Crippen LogP contribution in [0.3, 0.4) is 0 Å². The standard InChI is InChI=1S/C12H12F2N4O/c1-6-8(5-17-18-6)4-16-12(19)7-2-9(13)11(15)10(14)3-7/h2-3,5H,4,15H2,1H3,(H,16,19)(H,17,18). The Labute approximate surface area is 107 Å². The molecule has 1 heterocycles. The summed E-state index contributed by atoms with van der Waals surface area (Å²) >= 11 is 0. The first-order valence-electron chi connectivity index (χ1n) is 5.50. The third kappa shape index (κ3) is 2.70. The minimum absolute atomic E-state index is 0.120. The van der Waals surface area contributed by atoms with E-state index in [0.717, 1.165) is 23.4 Å². The molecular weight excluding hydrogens is 254 g/mol. The van der Waals surface area contributed by atoms with Crippen LogP contribution in [0.15, 0.2) is 18.3 Å². The molecule has 5 nitrogen and oxygen atoms in total. The molecule has 0 fully saturated rings. The number of nitrogen functional groups attached to an aromatic ring is 1. The lowest BCUT2D eigenvalue weighted by Crippen LogP contribution is -2.23. The Kier molecular flexibility index (Phi) is 3.46. The van der Waals surface area contributed by atoms with Gasteiger partial charge in [-0.2, -0.15) is 5.10 Å². The number of amides is 1. The Morgan fingerprint density at radius 2 is 2.05 bits per heavy atom. The van der Waals surface area contributed by atoms with Crippen LogP contribution < -0.4 is 11.1 Å². The van der Waals surface area contributed by atoms with Crippen molar-refractivity contribution in [3.63, 3.8) is 0 Å². The van der Waals surface area contributed by atoms with Crippen LogP contribution in [0, 0.1) is 18.6 Å². The van der Waals surface area contributed by atoms with Crippen LogP contribution in [0.1, 0.15) is 21.6 Å². The molecule has 1 aromatic carbocycles. The van der Waals surface area contributed by atoms with Gasteiger partial charge in [0.1, 0.15) is 17.3 Å². The molecule has 0 aliphatic heterocycles. The fourth-order valence-corrected chi connectivity index (χ4v) is 1.55. The predicted octanol–water partition coefficient (Wildman–Crippen LogP) is 1.51. The Hall–Kier alpha value is -2.44. The molecule has 7 heteroatoms. The number of hydrogen-bond donors (Lipinski definition) is 3. The quantitative estimate of drug-likeness (QED) is 0.736. The number of aromatic amines is 1. The molecule has 19 heavy (non-hydrogen) atoms. The van der Waals surface area contributed by atoms with Gasteiger partial charge in [0.15, 0.2) is 0 Å². The minimum Gasteiger partial charge on any atom is -0.394 e. The summed E-state index contributed by atoms with van der Waals surface area (Å²) in [6.07, 6.45) is 1.57. The molecule has 0 atom stereocenters. The number of aryl methyl sites for hydroxylation is 1. The topological polar surface area (TPSA) is 83.8 Å². The van der Waals surface area contributed by atoms with E-state index in [9.17, 15) is 13.6 Å². The van der Waals surface area contributed by atoms with Crippen LogP contribution in [0.5, 0.6) is 0 Å². The van der Waals surface area contributed by atoms with Crippen LogP contribution in [0.2, 0.25) is 0 Å². The van der Waals surface area contributed by atoms with Crippen molar-refractivity contribution in [2.75, 3.05) is 5.73 Å². The highest BCUT2D eigenvalue weighted by atomic mass is 19.1. The van der Waals surface area contributed by atoms with Gasteiger partial charge in [-0.15, -0.1) is 0 Å². The number of benzene rings is 1. The Morgan fingerprint density at radius 3 is 2.58 bits per heavy atom. The average molecular weight is 266 g/mol. The largest absolute Gasteiger partial charge is 0.394 e. The zero-order valence-electron chi connectivity index (χ0n) is 10.1. The monoisotopic (exact) mass is 266 g/mol. The predicted molar refractivity (Wildman–Crippen MR) is 65.3 cm³/mol. The second-order valence-electron chi connectivity index (χ2n) is 4.06. The number of carbonyl (C=O) groups excluding carboxylic acids is 1. The number of nitrogens with one attached hydrogen (secondary N) is 2. The maximum absolute atomic E-state index is 13.2. The van der Waals surface area contributed by atoms with Gasteiger partial charge in [-0.3, -0.25) is 9.89 Å². The van der Waals surface area contributed by atoms with Crippen LogP contribution in [0.4, 0.5) is 14.5 Å². The third-order valence-corrected chi connectivity index (χ3v) is 2.71. The van der Waals surface area contributed by atoms with Crippen LogP contribution in [-0.2, 0) is 6.54 Å². The van der Waals surface area contributed by atoms with Gasteiger partial charge in [-0.25, -0.2) is 8.78 Å². The molecule has 0 saturated heterocycles. The van der Waals surface area contributed by atoms with E-state index in [1.807, 2.05) is 0 Å². The molecule has 2 aromatic rings. The third-order valence-electron chi connectivity index (χ3n) is 2.71. The zero-order chi connectivity index (χ0) is 14.0. The maximum atomic E-state index is 13.2. The summed E-state index contributed by atoms with van der Waals surface area (Å²) in [6, 6.07) is 1.80. The van der Waals surface area contributed by atoms with Gasteiger partial charge in [-0.1, -0.05) is 0 Å². The van der Waals surface area contributed by atoms with E-state index in [1.54, 1.807) is 13.1 Å². The van der Waals surface area contributed by atoms with Gasteiger partial charge in [0.05, 0.1) is 6.20 Å². The molecule has 0 radical (unpaired) electrons. The van der Waals surface area contributed by atoms with Crippen LogP contribution in [-0.4, -0.2) is 16.1 Å². The molecule has 1 amide bonds. The highest BCUT2D eigenvalue weighted by molar-refractivity contribution is 5.94. The number of anilines is 1. The second-order valence-corrected chi connectivity index (χ2v) is 4.06. The van der Waals surface area contributed by atoms with E-state index in [4.69, 9.17) is 5.73 Å². The fourth-order valence-electron chi connectivity index (χ4n) is 1.55. The summed E-state index contributed by atoms with van der Waals surface area (Å²) in [4.78, 5) is 11.8. The molecule has 2 rings (SSSR count). The van der Waals surface area contributed by atoms with Crippen molar-refractivity contribution in [3.05, 3.63) is 46.8 Å². The van der Waals surface area contributed by atoms with Gasteiger partial charge >= 0.3 is 0 Å². The number of H-pyrrole nitrogens is 1. The normalized spacial score (nSPS) is 10.5. The highest BCUT2D eigenvalue weighted by Gasteiger charge is 2.13. The van der Waals surface area contributed by atoms with E-state index in [0.29, 0.717) is 0 Å². The molecule has 0 aliphatic carbocycles. The van der Waals surface area contributed by atoms with E-state index in [1.165, 1.54) is 0 Å². The lowest BCUT2D eigenvalue weighted by molar-refractivity contribution is 0.0950. The van der Waals surface area contributed by atoms with Crippen molar-refractivity contribution in [1.82, 2.24) is 15.5 Å². The van der Waals surface area contributed by atoms with Crippen molar-refractivity contribution in [2.24, 2.45) is 0 Å². The van der Waals surface area contributed by atoms with E-state index in [2.05, 4.69) is 15.5 Å². The Balaban J connectivity index is 2.10. The summed E-state index contributed by atoms with van der Waals surface area (Å²) in [6.45, 7) is 2.02. The second kappa shape index (κ2) is 5.05. The van der Waals surface area contributed by atoms with Gasteiger partial charge in [0.2, 0.25) is 0 Å². The number of aromatic nitrogens is 2. The molecule has 0 aliphatic rings. The summed E-state index contributed by atoms with van der Waals surface area (Å²) in [5.41, 5.74) is 6.02. The van der Waals surface area contributed by atoms with Gasteiger partial charge < -0.3 is 11.1 Å². The SMILES string of the molecule is Cc1[nH]ncc1CNC(=O)c1cc(F)c(N)c(F)c1. The summed E-state index contributed by atoms with van der Waals surface area (Å²) in [5, 5.41) is 9.06. The lowest BCUT2D eigenvalue weighted by Gasteiger charge is -2.06. The van der Waals surface area contributed by atoms with Gasteiger partial charge in [0, 0.05) is 23.4 Å².